The Balaban J connectivity index is 0.00000171. The van der Waals surface area contributed by atoms with E-state index in [4.69, 9.17) is 14.2 Å². The fraction of sp³-hybridized carbons (Fsp3) is 0.435. The van der Waals surface area contributed by atoms with Crippen molar-refractivity contribution in [2.24, 2.45) is 0 Å². The molecule has 0 aromatic heterocycles. The van der Waals surface area contributed by atoms with Gasteiger partial charge in [0, 0.05) is 24.0 Å². The third kappa shape index (κ3) is 6.50. The zero-order valence-electron chi connectivity index (χ0n) is 17.7. The van der Waals surface area contributed by atoms with Crippen LogP contribution in [0.3, 0.4) is 0 Å². The quantitative estimate of drug-likeness (QED) is 0.398. The Hall–Kier alpha value is -1.99. The number of ether oxygens (including phenoxy) is 3. The van der Waals surface area contributed by atoms with E-state index in [0.717, 1.165) is 50.3 Å². The molecule has 8 heteroatoms. The van der Waals surface area contributed by atoms with Crippen molar-refractivity contribution in [3.8, 4) is 11.5 Å². The third-order valence-corrected chi connectivity index (χ3v) is 5.52. The van der Waals surface area contributed by atoms with E-state index >= 15 is 0 Å². The number of carbonyl (C=O) groups is 1. The summed E-state index contributed by atoms with van der Waals surface area (Å²) in [6, 6.07) is 13.7. The van der Waals surface area contributed by atoms with Crippen LogP contribution in [0, 0.1) is 0 Å². The molecule has 0 aliphatic carbocycles. The molecule has 4 N–H and O–H groups in total. The van der Waals surface area contributed by atoms with Crippen molar-refractivity contribution in [2.45, 2.75) is 38.5 Å². The number of fused-ring (bicyclic) bond motifs is 1. The van der Waals surface area contributed by atoms with E-state index in [-0.39, 0.29) is 36.9 Å². The predicted octanol–water partition coefficient (Wildman–Crippen LogP) is -5.29. The van der Waals surface area contributed by atoms with Gasteiger partial charge in [-0.25, -0.2) is 4.79 Å². The molecule has 0 bridgehead atoms. The highest BCUT2D eigenvalue weighted by Crippen LogP contribution is 2.27. The largest absolute Gasteiger partial charge is 1.00 e. The lowest BCUT2D eigenvalue weighted by atomic mass is 10.0. The zero-order chi connectivity index (χ0) is 20.1. The molecule has 1 saturated heterocycles. The van der Waals surface area contributed by atoms with Crippen LogP contribution in [0.1, 0.15) is 36.1 Å². The van der Waals surface area contributed by atoms with Crippen LogP contribution in [0.15, 0.2) is 42.5 Å². The lowest BCUT2D eigenvalue weighted by Gasteiger charge is -2.21. The average Bonchev–Trinajstić information content (AvgIpc) is 3.26. The number of halogens is 2. The molecule has 0 radical (unpaired) electrons. The predicted molar refractivity (Wildman–Crippen MR) is 108 cm³/mol. The molecule has 2 aliphatic rings. The van der Waals surface area contributed by atoms with Gasteiger partial charge in [-0.1, -0.05) is 18.2 Å². The van der Waals surface area contributed by atoms with Gasteiger partial charge >= 0.3 is 5.97 Å². The van der Waals surface area contributed by atoms with Crippen LogP contribution in [0.2, 0.25) is 0 Å². The molecule has 2 aromatic rings. The van der Waals surface area contributed by atoms with Crippen molar-refractivity contribution in [2.75, 3.05) is 26.2 Å². The SMILES string of the molecule is CCOC(=O)C(Oc1ccc2c(c1)C[NH2+]CC2)c1ccc(O[C@H]2CC[NH2+]C2)cc1.[Cl-].[Cl-]. The topological polar surface area (TPSA) is 78.0 Å². The lowest BCUT2D eigenvalue weighted by molar-refractivity contribution is -0.673. The normalized spacial score (nSPS) is 18.0. The maximum atomic E-state index is 12.6. The summed E-state index contributed by atoms with van der Waals surface area (Å²) in [5.74, 6) is 1.13. The Kier molecular flexibility index (Phi) is 9.91. The number of carbonyl (C=O) groups excluding carboxylic acids is 1. The van der Waals surface area contributed by atoms with Gasteiger partial charge in [-0.05, 0) is 36.8 Å². The van der Waals surface area contributed by atoms with Gasteiger partial charge in [0.15, 0.2) is 6.10 Å². The van der Waals surface area contributed by atoms with Gasteiger partial charge in [0.2, 0.25) is 6.10 Å². The second kappa shape index (κ2) is 12.2. The molecule has 2 aromatic carbocycles. The Morgan fingerprint density at radius 2 is 1.81 bits per heavy atom. The van der Waals surface area contributed by atoms with Crippen molar-refractivity contribution in [3.05, 3.63) is 59.2 Å². The standard InChI is InChI=1S/C23H28N2O4.2ClH/c1-2-27-23(26)22(29-20-8-3-16-9-11-24-14-18(16)13-20)17-4-6-19(7-5-17)28-21-10-12-25-15-21;;/h3-8,13,21-22,24-25H,2,9-12,14-15H2,1H3;2*1H/t21-,22?;;/m0../s1. The molecular weight excluding hydrogens is 439 g/mol. The van der Waals surface area contributed by atoms with E-state index in [1.165, 1.54) is 11.1 Å². The summed E-state index contributed by atoms with van der Waals surface area (Å²) in [5.41, 5.74) is 3.39. The first-order valence-electron chi connectivity index (χ1n) is 10.6. The Morgan fingerprint density at radius 1 is 1.03 bits per heavy atom. The number of benzene rings is 2. The molecule has 170 valence electrons. The first-order chi connectivity index (χ1) is 14.2. The van der Waals surface area contributed by atoms with E-state index in [2.05, 4.69) is 16.7 Å². The summed E-state index contributed by atoms with van der Waals surface area (Å²) >= 11 is 0. The van der Waals surface area contributed by atoms with Gasteiger partial charge < -0.3 is 49.7 Å². The summed E-state index contributed by atoms with van der Waals surface area (Å²) < 4.78 is 17.4. The number of hydrogen-bond acceptors (Lipinski definition) is 4. The van der Waals surface area contributed by atoms with Crippen molar-refractivity contribution in [1.29, 1.82) is 0 Å². The maximum Gasteiger partial charge on any atom is 0.352 e. The average molecular weight is 469 g/mol. The zero-order valence-corrected chi connectivity index (χ0v) is 19.2. The third-order valence-electron chi connectivity index (χ3n) is 5.52. The second-order valence-corrected chi connectivity index (χ2v) is 7.62. The summed E-state index contributed by atoms with van der Waals surface area (Å²) in [6.45, 7) is 6.29. The molecule has 0 saturated carbocycles. The van der Waals surface area contributed by atoms with Crippen LogP contribution in [0.4, 0.5) is 0 Å². The molecule has 6 nitrogen and oxygen atoms in total. The molecule has 2 heterocycles. The highest BCUT2D eigenvalue weighted by Gasteiger charge is 2.26. The molecule has 4 rings (SSSR count). The summed E-state index contributed by atoms with van der Waals surface area (Å²) in [4.78, 5) is 12.6. The minimum absolute atomic E-state index is 0. The molecule has 2 aliphatic heterocycles. The van der Waals surface area contributed by atoms with Crippen LogP contribution in [-0.2, 0) is 22.5 Å². The Labute approximate surface area is 195 Å². The fourth-order valence-electron chi connectivity index (χ4n) is 3.98. The highest BCUT2D eigenvalue weighted by molar-refractivity contribution is 5.77. The lowest BCUT2D eigenvalue weighted by Crippen LogP contribution is -3.00. The van der Waals surface area contributed by atoms with Gasteiger partial charge in [-0.2, -0.15) is 0 Å². The first-order valence-corrected chi connectivity index (χ1v) is 10.6. The van der Waals surface area contributed by atoms with Crippen LogP contribution in [-0.4, -0.2) is 38.3 Å². The fourth-order valence-corrected chi connectivity index (χ4v) is 3.98. The summed E-state index contributed by atoms with van der Waals surface area (Å²) in [7, 11) is 0. The first kappa shape index (κ1) is 25.3. The van der Waals surface area contributed by atoms with Gasteiger partial charge in [0.05, 0.1) is 19.7 Å². The van der Waals surface area contributed by atoms with Gasteiger partial charge in [-0.15, -0.1) is 0 Å². The number of nitrogens with two attached hydrogens (primary N) is 2. The Morgan fingerprint density at radius 3 is 2.52 bits per heavy atom. The number of esters is 1. The number of rotatable bonds is 7. The van der Waals surface area contributed by atoms with Crippen molar-refractivity contribution >= 4 is 5.97 Å². The van der Waals surface area contributed by atoms with Gasteiger partial charge in [-0.3, -0.25) is 0 Å². The van der Waals surface area contributed by atoms with Crippen LogP contribution < -0.4 is 44.9 Å². The van der Waals surface area contributed by atoms with Gasteiger partial charge in [0.25, 0.3) is 0 Å². The maximum absolute atomic E-state index is 12.6. The van der Waals surface area contributed by atoms with Crippen molar-refractivity contribution < 1.29 is 54.5 Å². The van der Waals surface area contributed by atoms with Crippen molar-refractivity contribution in [1.82, 2.24) is 0 Å². The van der Waals surface area contributed by atoms with Crippen LogP contribution >= 0.6 is 0 Å². The number of quaternary nitrogens is 2. The molecule has 0 amide bonds. The number of hydrogen-bond donors (Lipinski definition) is 2. The second-order valence-electron chi connectivity index (χ2n) is 7.62. The Bertz CT molecular complexity index is 842. The van der Waals surface area contributed by atoms with E-state index in [1.807, 2.05) is 36.4 Å². The molecule has 2 atom stereocenters. The molecule has 1 fully saturated rings. The molecule has 0 spiro atoms. The van der Waals surface area contributed by atoms with Crippen molar-refractivity contribution in [3.63, 3.8) is 0 Å². The van der Waals surface area contributed by atoms with Crippen LogP contribution in [0.25, 0.3) is 0 Å². The minimum Gasteiger partial charge on any atom is -1.00 e. The summed E-state index contributed by atoms with van der Waals surface area (Å²) in [5, 5.41) is 4.55. The van der Waals surface area contributed by atoms with E-state index < -0.39 is 6.10 Å². The molecule has 31 heavy (non-hydrogen) atoms. The molecular formula is C23H30Cl2N2O4. The highest BCUT2D eigenvalue weighted by atomic mass is 35.5. The van der Waals surface area contributed by atoms with E-state index in [1.54, 1.807) is 6.92 Å². The molecule has 1 unspecified atom stereocenters. The smallest absolute Gasteiger partial charge is 0.352 e. The van der Waals surface area contributed by atoms with E-state index in [0.29, 0.717) is 12.4 Å². The minimum atomic E-state index is -0.797. The monoisotopic (exact) mass is 468 g/mol. The van der Waals surface area contributed by atoms with Crippen LogP contribution in [0.5, 0.6) is 11.5 Å². The summed E-state index contributed by atoms with van der Waals surface area (Å²) in [6.07, 6.45) is 1.59. The van der Waals surface area contributed by atoms with Gasteiger partial charge in [0.1, 0.15) is 24.6 Å². The van der Waals surface area contributed by atoms with E-state index in [9.17, 15) is 4.79 Å².